The molecule has 1 amide bonds. The largest absolute Gasteiger partial charge is 0.444 e. The number of alkyl carbamates (subject to hydrolysis) is 1. The number of rotatable bonds is 3. The minimum atomic E-state index is -0.536. The molecule has 0 bridgehead atoms. The normalized spacial score (nSPS) is 11.0. The van der Waals surface area contributed by atoms with Gasteiger partial charge < -0.3 is 14.8 Å². The van der Waals surface area contributed by atoms with Crippen molar-refractivity contribution in [3.63, 3.8) is 0 Å². The van der Waals surface area contributed by atoms with Gasteiger partial charge in [0.15, 0.2) is 0 Å². The molecular formula is C12H18N2O4S. The van der Waals surface area contributed by atoms with Crippen molar-refractivity contribution >= 4 is 23.4 Å². The third-order valence-electron chi connectivity index (χ3n) is 1.82. The van der Waals surface area contributed by atoms with Crippen molar-refractivity contribution in [2.24, 2.45) is 0 Å². The summed E-state index contributed by atoms with van der Waals surface area (Å²) in [5, 5.41) is 3.25. The van der Waals surface area contributed by atoms with E-state index >= 15 is 0 Å². The molecule has 0 fully saturated rings. The molecule has 0 saturated heterocycles. The second-order valence-electron chi connectivity index (χ2n) is 4.92. The highest BCUT2D eigenvalue weighted by molar-refractivity contribution is 7.11. The molecule has 1 rings (SSSR count). The van der Waals surface area contributed by atoms with Crippen LogP contribution in [0, 0.1) is 6.92 Å². The maximum absolute atomic E-state index is 11.5. The van der Waals surface area contributed by atoms with Gasteiger partial charge in [-0.3, -0.25) is 4.79 Å². The molecule has 1 N–H and O–H groups in total. The van der Waals surface area contributed by atoms with Gasteiger partial charge in [-0.1, -0.05) is 0 Å². The number of amides is 1. The second-order valence-corrected chi connectivity index (χ2v) is 6.21. The van der Waals surface area contributed by atoms with Gasteiger partial charge in [-0.05, 0) is 27.7 Å². The van der Waals surface area contributed by atoms with Crippen LogP contribution in [0.1, 0.15) is 37.6 Å². The van der Waals surface area contributed by atoms with Gasteiger partial charge in [0.25, 0.3) is 0 Å². The molecular weight excluding hydrogens is 268 g/mol. The Balaban J connectivity index is 2.54. The summed E-state index contributed by atoms with van der Waals surface area (Å²) in [6.45, 7) is 8.72. The molecule has 1 aromatic heterocycles. The number of carbonyl (C=O) groups is 2. The summed E-state index contributed by atoms with van der Waals surface area (Å²) >= 11 is 1.36. The van der Waals surface area contributed by atoms with E-state index in [1.54, 1.807) is 27.7 Å². The van der Waals surface area contributed by atoms with Gasteiger partial charge in [0.1, 0.15) is 10.6 Å². The molecule has 106 valence electrons. The number of ether oxygens (including phenoxy) is 2. The third kappa shape index (κ3) is 5.69. The number of carbonyl (C=O) groups excluding carboxylic acids is 2. The number of hydrogen-bond donors (Lipinski definition) is 1. The lowest BCUT2D eigenvalue weighted by Crippen LogP contribution is -2.32. The quantitative estimate of drug-likeness (QED) is 0.863. The van der Waals surface area contributed by atoms with Crippen LogP contribution in [0.25, 0.3) is 0 Å². The van der Waals surface area contributed by atoms with Crippen LogP contribution in [-0.4, -0.2) is 22.6 Å². The van der Waals surface area contributed by atoms with Crippen LogP contribution in [0.2, 0.25) is 0 Å². The van der Waals surface area contributed by atoms with Crippen molar-refractivity contribution in [3.8, 4) is 5.88 Å². The first-order chi connectivity index (χ1) is 8.67. The molecule has 0 spiro atoms. The van der Waals surface area contributed by atoms with E-state index in [2.05, 4.69) is 10.3 Å². The number of thiazole rings is 1. The fourth-order valence-corrected chi connectivity index (χ4v) is 2.00. The van der Waals surface area contributed by atoms with Gasteiger partial charge in [-0.2, -0.15) is 0 Å². The minimum Gasteiger partial charge on any atom is -0.444 e. The summed E-state index contributed by atoms with van der Waals surface area (Å²) in [6, 6.07) is 0. The molecule has 0 aliphatic rings. The van der Waals surface area contributed by atoms with Crippen molar-refractivity contribution < 1.29 is 19.1 Å². The van der Waals surface area contributed by atoms with E-state index in [1.165, 1.54) is 18.3 Å². The molecule has 0 aliphatic heterocycles. The Labute approximate surface area is 116 Å². The average molecular weight is 286 g/mol. The Morgan fingerprint density at radius 2 is 2.00 bits per heavy atom. The topological polar surface area (TPSA) is 77.5 Å². The Kier molecular flexibility index (Phi) is 4.88. The molecule has 1 aromatic rings. The zero-order valence-corrected chi connectivity index (χ0v) is 12.5. The molecule has 0 radical (unpaired) electrons. The molecule has 7 heteroatoms. The number of nitrogens with one attached hydrogen (secondary N) is 1. The van der Waals surface area contributed by atoms with Crippen molar-refractivity contribution in [1.29, 1.82) is 0 Å². The van der Waals surface area contributed by atoms with Crippen LogP contribution in [0.15, 0.2) is 0 Å². The van der Waals surface area contributed by atoms with Crippen LogP contribution in [0.3, 0.4) is 0 Å². The summed E-state index contributed by atoms with van der Waals surface area (Å²) in [4.78, 5) is 27.2. The molecule has 6 nitrogen and oxygen atoms in total. The minimum absolute atomic E-state index is 0.238. The third-order valence-corrected chi connectivity index (χ3v) is 2.77. The molecule has 0 saturated carbocycles. The predicted octanol–water partition coefficient (Wildman–Crippen LogP) is 2.40. The molecule has 1 heterocycles. The predicted molar refractivity (Wildman–Crippen MR) is 71.2 cm³/mol. The van der Waals surface area contributed by atoms with E-state index < -0.39 is 17.7 Å². The summed E-state index contributed by atoms with van der Waals surface area (Å²) in [6.07, 6.45) is -0.505. The van der Waals surface area contributed by atoms with Gasteiger partial charge >= 0.3 is 12.1 Å². The Hall–Kier alpha value is -1.63. The fourth-order valence-electron chi connectivity index (χ4n) is 1.20. The molecule has 19 heavy (non-hydrogen) atoms. The first kappa shape index (κ1) is 15.4. The van der Waals surface area contributed by atoms with Gasteiger partial charge in [-0.25, -0.2) is 9.78 Å². The highest BCUT2D eigenvalue weighted by Crippen LogP contribution is 2.24. The van der Waals surface area contributed by atoms with E-state index in [-0.39, 0.29) is 6.54 Å². The van der Waals surface area contributed by atoms with Crippen LogP contribution in [0.5, 0.6) is 5.88 Å². The van der Waals surface area contributed by atoms with Crippen LogP contribution in [0.4, 0.5) is 4.79 Å². The Morgan fingerprint density at radius 3 is 2.53 bits per heavy atom. The second kappa shape index (κ2) is 6.01. The lowest BCUT2D eigenvalue weighted by molar-refractivity contribution is -0.132. The molecule has 0 aliphatic carbocycles. The van der Waals surface area contributed by atoms with Gasteiger partial charge in [-0.15, -0.1) is 11.3 Å². The van der Waals surface area contributed by atoms with Gasteiger partial charge in [0, 0.05) is 6.92 Å². The summed E-state index contributed by atoms with van der Waals surface area (Å²) in [5.74, 6) is -0.126. The first-order valence-electron chi connectivity index (χ1n) is 5.79. The lowest BCUT2D eigenvalue weighted by Gasteiger charge is -2.19. The first-order valence-corrected chi connectivity index (χ1v) is 6.60. The summed E-state index contributed by atoms with van der Waals surface area (Å²) in [7, 11) is 0. The van der Waals surface area contributed by atoms with E-state index in [0.29, 0.717) is 10.9 Å². The molecule has 0 aromatic carbocycles. The maximum atomic E-state index is 11.5. The van der Waals surface area contributed by atoms with E-state index in [1.807, 2.05) is 0 Å². The van der Waals surface area contributed by atoms with E-state index in [9.17, 15) is 9.59 Å². The van der Waals surface area contributed by atoms with Crippen LogP contribution >= 0.6 is 11.3 Å². The zero-order chi connectivity index (χ0) is 14.6. The molecule has 0 atom stereocenters. The number of esters is 1. The Morgan fingerprint density at radius 1 is 1.37 bits per heavy atom. The lowest BCUT2D eigenvalue weighted by atomic mass is 10.2. The van der Waals surface area contributed by atoms with Crippen LogP contribution in [-0.2, 0) is 16.1 Å². The van der Waals surface area contributed by atoms with Crippen molar-refractivity contribution in [2.45, 2.75) is 46.8 Å². The number of nitrogens with zero attached hydrogens (tertiary/aromatic N) is 1. The number of aromatic nitrogens is 1. The van der Waals surface area contributed by atoms with Crippen molar-refractivity contribution in [1.82, 2.24) is 10.3 Å². The zero-order valence-electron chi connectivity index (χ0n) is 11.7. The average Bonchev–Trinajstić information content (AvgIpc) is 2.53. The SMILES string of the molecule is CC(=O)Oc1nc(CNC(=O)OC(C)(C)C)sc1C. The highest BCUT2D eigenvalue weighted by Gasteiger charge is 2.17. The van der Waals surface area contributed by atoms with Crippen molar-refractivity contribution in [2.75, 3.05) is 0 Å². The maximum Gasteiger partial charge on any atom is 0.408 e. The summed E-state index contributed by atoms with van der Waals surface area (Å²) in [5.41, 5.74) is -0.536. The molecule has 0 unspecified atom stereocenters. The van der Waals surface area contributed by atoms with E-state index in [0.717, 1.165) is 4.88 Å². The number of hydrogen-bond acceptors (Lipinski definition) is 6. The number of aryl methyl sites for hydroxylation is 1. The summed E-state index contributed by atoms with van der Waals surface area (Å²) < 4.78 is 10.0. The van der Waals surface area contributed by atoms with Crippen LogP contribution < -0.4 is 10.1 Å². The fraction of sp³-hybridized carbons (Fsp3) is 0.583. The highest BCUT2D eigenvalue weighted by atomic mass is 32.1. The monoisotopic (exact) mass is 286 g/mol. The standard InChI is InChI=1S/C12H18N2O4S/c1-7-10(17-8(2)15)14-9(19-7)6-13-11(16)18-12(3,4)5/h6H2,1-5H3,(H,13,16). The van der Waals surface area contributed by atoms with Gasteiger partial charge in [0.2, 0.25) is 5.88 Å². The van der Waals surface area contributed by atoms with Crippen molar-refractivity contribution in [3.05, 3.63) is 9.88 Å². The smallest absolute Gasteiger partial charge is 0.408 e. The van der Waals surface area contributed by atoms with E-state index in [4.69, 9.17) is 9.47 Å². The Bertz CT molecular complexity index is 477. The van der Waals surface area contributed by atoms with Gasteiger partial charge in [0.05, 0.1) is 11.4 Å².